The van der Waals surface area contributed by atoms with Gasteiger partial charge in [0.15, 0.2) is 6.29 Å². The third-order valence-corrected chi connectivity index (χ3v) is 2.14. The van der Waals surface area contributed by atoms with Gasteiger partial charge in [0.05, 0.1) is 5.57 Å². The summed E-state index contributed by atoms with van der Waals surface area (Å²) >= 11 is 0. The van der Waals surface area contributed by atoms with Crippen molar-refractivity contribution in [2.75, 3.05) is 0 Å². The third-order valence-electron chi connectivity index (χ3n) is 2.14. The van der Waals surface area contributed by atoms with Crippen LogP contribution in [-0.4, -0.2) is 73.4 Å². The van der Waals surface area contributed by atoms with Gasteiger partial charge in [-0.25, -0.2) is 4.79 Å². The summed E-state index contributed by atoms with van der Waals surface area (Å²) in [5.74, 6) is -1.60. The number of aliphatic carboxylic acids is 1. The van der Waals surface area contributed by atoms with Crippen LogP contribution in [0.1, 0.15) is 0 Å². The number of hydrogen-bond acceptors (Lipinski definition) is 7. The molecule has 0 radical (unpaired) electrons. The number of aliphatic hydroxyl groups excluding tert-OH is 5. The molecule has 0 aromatic rings. The van der Waals surface area contributed by atoms with E-state index in [0.717, 1.165) is 0 Å². The molecule has 0 rings (SSSR count). The second-order valence-electron chi connectivity index (χ2n) is 3.37. The van der Waals surface area contributed by atoms with Crippen LogP contribution in [0.3, 0.4) is 0 Å². The molecule has 0 amide bonds. The van der Waals surface area contributed by atoms with Gasteiger partial charge in [0, 0.05) is 0 Å². The number of aliphatic hydroxyl groups is 5. The Morgan fingerprint density at radius 1 is 1.00 bits per heavy atom. The molecule has 0 aliphatic heterocycles. The Morgan fingerprint density at radius 3 is 1.82 bits per heavy atom. The standard InChI is InChI=1S/C9H14O8/c1-3(9(16)17)5(12)7(14)8(15)6(13)4(11)2-10/h2,4-8,11-15H,1H2,(H,16,17)/t4-,5?,6+,7+,8-/m0/s1. The van der Waals surface area contributed by atoms with E-state index in [-0.39, 0.29) is 6.29 Å². The Kier molecular flexibility index (Phi) is 5.93. The molecule has 0 heterocycles. The summed E-state index contributed by atoms with van der Waals surface area (Å²) in [7, 11) is 0. The van der Waals surface area contributed by atoms with E-state index in [4.69, 9.17) is 15.3 Å². The molecule has 0 aliphatic carbocycles. The zero-order valence-corrected chi connectivity index (χ0v) is 8.67. The van der Waals surface area contributed by atoms with Crippen LogP contribution in [0.2, 0.25) is 0 Å². The Hall–Kier alpha value is -1.32. The predicted octanol–water partition coefficient (Wildman–Crippen LogP) is -3.37. The van der Waals surface area contributed by atoms with Crippen molar-refractivity contribution in [2.45, 2.75) is 30.5 Å². The minimum absolute atomic E-state index is 0.0843. The minimum Gasteiger partial charge on any atom is -0.478 e. The number of rotatable bonds is 7. The number of hydrogen-bond donors (Lipinski definition) is 6. The molecule has 5 atom stereocenters. The zero-order chi connectivity index (χ0) is 13.7. The van der Waals surface area contributed by atoms with E-state index in [2.05, 4.69) is 6.58 Å². The van der Waals surface area contributed by atoms with Crippen LogP contribution in [0.25, 0.3) is 0 Å². The Morgan fingerprint density at radius 2 is 1.47 bits per heavy atom. The first-order valence-electron chi connectivity index (χ1n) is 4.51. The summed E-state index contributed by atoms with van der Waals surface area (Å²) in [5.41, 5.74) is -0.802. The SMILES string of the molecule is C=C(C(=O)O)C(O)[C@@H](O)[C@@H](O)[C@H](O)[C@@H](O)C=O. The van der Waals surface area contributed by atoms with Crippen molar-refractivity contribution < 1.29 is 40.2 Å². The van der Waals surface area contributed by atoms with Gasteiger partial charge in [-0.05, 0) is 0 Å². The number of carboxylic acid groups (broad SMARTS) is 1. The summed E-state index contributed by atoms with van der Waals surface area (Å²) in [6, 6.07) is 0. The first-order valence-corrected chi connectivity index (χ1v) is 4.51. The summed E-state index contributed by atoms with van der Waals surface area (Å²) in [4.78, 5) is 20.5. The molecule has 8 heteroatoms. The van der Waals surface area contributed by atoms with Crippen LogP contribution in [-0.2, 0) is 9.59 Å². The van der Waals surface area contributed by atoms with Crippen molar-refractivity contribution in [3.8, 4) is 0 Å². The molecule has 0 saturated carbocycles. The van der Waals surface area contributed by atoms with E-state index in [1.807, 2.05) is 0 Å². The summed E-state index contributed by atoms with van der Waals surface area (Å²) in [6.45, 7) is 2.95. The number of carbonyl (C=O) groups is 2. The lowest BCUT2D eigenvalue weighted by atomic mass is 9.96. The molecule has 0 spiro atoms. The topological polar surface area (TPSA) is 156 Å². The molecule has 0 aliphatic rings. The molecule has 98 valence electrons. The average Bonchev–Trinajstić information content (AvgIpc) is 2.32. The summed E-state index contributed by atoms with van der Waals surface area (Å²) in [6.07, 6.45) is -10.4. The van der Waals surface area contributed by atoms with Gasteiger partial charge in [-0.2, -0.15) is 0 Å². The van der Waals surface area contributed by atoms with Crippen LogP contribution in [0.4, 0.5) is 0 Å². The summed E-state index contributed by atoms with van der Waals surface area (Å²) in [5, 5.41) is 54.3. The van der Waals surface area contributed by atoms with E-state index >= 15 is 0 Å². The quantitative estimate of drug-likeness (QED) is 0.202. The van der Waals surface area contributed by atoms with E-state index in [0.29, 0.717) is 0 Å². The average molecular weight is 250 g/mol. The van der Waals surface area contributed by atoms with Gasteiger partial charge in [0.2, 0.25) is 0 Å². The van der Waals surface area contributed by atoms with Gasteiger partial charge in [0.25, 0.3) is 0 Å². The van der Waals surface area contributed by atoms with Gasteiger partial charge < -0.3 is 35.4 Å². The molecule has 0 aromatic heterocycles. The van der Waals surface area contributed by atoms with Gasteiger partial charge >= 0.3 is 5.97 Å². The number of carboxylic acids is 1. The lowest BCUT2D eigenvalue weighted by Gasteiger charge is -2.27. The van der Waals surface area contributed by atoms with Gasteiger partial charge in [-0.15, -0.1) is 0 Å². The van der Waals surface area contributed by atoms with Gasteiger partial charge in [-0.3, -0.25) is 0 Å². The fourth-order valence-corrected chi connectivity index (χ4v) is 1.00. The maximum Gasteiger partial charge on any atom is 0.333 e. The van der Waals surface area contributed by atoms with Crippen LogP contribution in [0, 0.1) is 0 Å². The molecular formula is C9H14O8. The molecule has 1 unspecified atom stereocenters. The van der Waals surface area contributed by atoms with Crippen molar-refractivity contribution in [1.82, 2.24) is 0 Å². The highest BCUT2D eigenvalue weighted by atomic mass is 16.4. The maximum absolute atomic E-state index is 10.4. The van der Waals surface area contributed by atoms with Gasteiger partial charge in [-0.1, -0.05) is 6.58 Å². The lowest BCUT2D eigenvalue weighted by Crippen LogP contribution is -2.50. The van der Waals surface area contributed by atoms with Crippen molar-refractivity contribution in [3.05, 3.63) is 12.2 Å². The number of aldehydes is 1. The van der Waals surface area contributed by atoms with E-state index in [1.165, 1.54) is 0 Å². The molecule has 0 saturated heterocycles. The Labute approximate surface area is 96.1 Å². The smallest absolute Gasteiger partial charge is 0.333 e. The molecular weight excluding hydrogens is 236 g/mol. The van der Waals surface area contributed by atoms with Crippen molar-refractivity contribution in [1.29, 1.82) is 0 Å². The van der Waals surface area contributed by atoms with E-state index in [9.17, 15) is 24.9 Å². The molecule has 17 heavy (non-hydrogen) atoms. The van der Waals surface area contributed by atoms with Crippen LogP contribution < -0.4 is 0 Å². The number of carbonyl (C=O) groups excluding carboxylic acids is 1. The predicted molar refractivity (Wildman–Crippen MR) is 52.9 cm³/mol. The van der Waals surface area contributed by atoms with E-state index < -0.39 is 42.1 Å². The highest BCUT2D eigenvalue weighted by Gasteiger charge is 2.36. The highest BCUT2D eigenvalue weighted by Crippen LogP contribution is 2.12. The Balaban J connectivity index is 4.69. The monoisotopic (exact) mass is 250 g/mol. The first kappa shape index (κ1) is 15.7. The third kappa shape index (κ3) is 3.88. The van der Waals surface area contributed by atoms with Crippen LogP contribution in [0.15, 0.2) is 12.2 Å². The van der Waals surface area contributed by atoms with Crippen molar-refractivity contribution >= 4 is 12.3 Å². The van der Waals surface area contributed by atoms with Crippen molar-refractivity contribution in [2.24, 2.45) is 0 Å². The largest absolute Gasteiger partial charge is 0.478 e. The van der Waals surface area contributed by atoms with Crippen molar-refractivity contribution in [3.63, 3.8) is 0 Å². The second kappa shape index (κ2) is 6.42. The first-order chi connectivity index (χ1) is 7.73. The molecule has 6 N–H and O–H groups in total. The Bertz CT molecular complexity index is 301. The molecule has 0 aromatic carbocycles. The fourth-order valence-electron chi connectivity index (χ4n) is 1.00. The normalized spacial score (nSPS) is 19.8. The zero-order valence-electron chi connectivity index (χ0n) is 8.67. The molecule has 0 fully saturated rings. The minimum atomic E-state index is -2.11. The van der Waals surface area contributed by atoms with E-state index in [1.54, 1.807) is 0 Å². The molecule has 8 nitrogen and oxygen atoms in total. The van der Waals surface area contributed by atoms with Crippen LogP contribution >= 0.6 is 0 Å². The second-order valence-corrected chi connectivity index (χ2v) is 3.37. The van der Waals surface area contributed by atoms with Crippen LogP contribution in [0.5, 0.6) is 0 Å². The van der Waals surface area contributed by atoms with Gasteiger partial charge in [0.1, 0.15) is 30.5 Å². The summed E-state index contributed by atoms with van der Waals surface area (Å²) < 4.78 is 0. The maximum atomic E-state index is 10.4. The molecule has 0 bridgehead atoms. The lowest BCUT2D eigenvalue weighted by molar-refractivity contribution is -0.146. The fraction of sp³-hybridized carbons (Fsp3) is 0.556. The highest BCUT2D eigenvalue weighted by molar-refractivity contribution is 5.87.